The van der Waals surface area contributed by atoms with Crippen molar-refractivity contribution in [3.8, 4) is 23.1 Å². The van der Waals surface area contributed by atoms with Crippen LogP contribution in [0.25, 0.3) is 22.3 Å². The first kappa shape index (κ1) is 37.9. The highest BCUT2D eigenvalue weighted by molar-refractivity contribution is 5.87. The number of rotatable bonds is 8. The number of H-pyrrole nitrogens is 2. The average Bonchev–Trinajstić information content (AvgIpc) is 4.03. The van der Waals surface area contributed by atoms with Gasteiger partial charge in [-0.15, -0.1) is 0 Å². The number of benzene rings is 2. The van der Waals surface area contributed by atoms with Gasteiger partial charge in [0.2, 0.25) is 11.8 Å². The minimum atomic E-state index is -0.733. The molecule has 0 aliphatic carbocycles. The van der Waals surface area contributed by atoms with Crippen LogP contribution in [0.2, 0.25) is 0 Å². The lowest BCUT2D eigenvalue weighted by atomic mass is 9.85. The molecule has 12 nitrogen and oxygen atoms in total. The molecule has 3 amide bonds. The zero-order valence-electron chi connectivity index (χ0n) is 32.6. The van der Waals surface area contributed by atoms with Crippen LogP contribution in [0.15, 0.2) is 60.8 Å². The molecule has 55 heavy (non-hydrogen) atoms. The van der Waals surface area contributed by atoms with Crippen LogP contribution in [0.5, 0.6) is 0 Å². The molecule has 12 heteroatoms. The molecule has 4 aromatic rings. The van der Waals surface area contributed by atoms with Crippen molar-refractivity contribution in [3.05, 3.63) is 83.6 Å². The fourth-order valence-corrected chi connectivity index (χ4v) is 7.96. The first-order chi connectivity index (χ1) is 26.3. The number of imidazole rings is 2. The van der Waals surface area contributed by atoms with Gasteiger partial charge in [-0.25, -0.2) is 14.8 Å². The Balaban J connectivity index is 1.07. The summed E-state index contributed by atoms with van der Waals surface area (Å²) in [4.78, 5) is 59.8. The largest absolute Gasteiger partial charge is 0.453 e. The van der Waals surface area contributed by atoms with Crippen LogP contribution in [-0.4, -0.2) is 87.1 Å². The highest BCUT2D eigenvalue weighted by Crippen LogP contribution is 2.48. The number of methoxy groups -OCH3 is 1. The summed E-state index contributed by atoms with van der Waals surface area (Å²) in [7, 11) is 1.30. The van der Waals surface area contributed by atoms with Crippen LogP contribution in [-0.2, 0) is 19.1 Å². The Bertz CT molecular complexity index is 2150. The zero-order valence-corrected chi connectivity index (χ0v) is 32.6. The van der Waals surface area contributed by atoms with E-state index in [1.807, 2.05) is 79.2 Å². The molecule has 3 aliphatic rings. The Morgan fingerprint density at radius 1 is 0.964 bits per heavy atom. The van der Waals surface area contributed by atoms with E-state index in [0.717, 1.165) is 57.7 Å². The number of nitrogens with zero attached hydrogens (tertiary/aromatic N) is 4. The molecular formula is C43H51N7O5. The maximum atomic E-state index is 14.0. The summed E-state index contributed by atoms with van der Waals surface area (Å²) < 4.78 is 10.6. The second-order valence-electron chi connectivity index (χ2n) is 16.2. The van der Waals surface area contributed by atoms with E-state index in [2.05, 4.69) is 52.5 Å². The van der Waals surface area contributed by atoms with E-state index in [0.29, 0.717) is 38.5 Å². The van der Waals surface area contributed by atoms with Crippen LogP contribution in [0.3, 0.4) is 0 Å². The maximum Gasteiger partial charge on any atom is 0.407 e. The monoisotopic (exact) mass is 745 g/mol. The van der Waals surface area contributed by atoms with Crippen LogP contribution in [0.4, 0.5) is 4.79 Å². The van der Waals surface area contributed by atoms with Gasteiger partial charge in [0.1, 0.15) is 17.7 Å². The SMILES string of the molecule is C=C1C[C@@H](c2ncc(-c3ccc(C#Cc4ccc5nc([C@@H]6C[C@@]7(CCOC7)CN6C(=O)[C@@H](NC(=O)OC)C(C)C)[nH]c5c4)cc3)[nH]2)N(C(=O)[C@@H](C)C(C)C)C1. The van der Waals surface area contributed by atoms with E-state index >= 15 is 0 Å². The third kappa shape index (κ3) is 7.76. The number of alkyl carbamates (subject to hydrolysis) is 1. The number of likely N-dealkylation sites (tertiary alicyclic amines) is 2. The number of hydrogen-bond donors (Lipinski definition) is 3. The predicted molar refractivity (Wildman–Crippen MR) is 209 cm³/mol. The number of hydrogen-bond acceptors (Lipinski definition) is 7. The summed E-state index contributed by atoms with van der Waals surface area (Å²) in [5.41, 5.74) is 6.06. The average molecular weight is 746 g/mol. The third-order valence-electron chi connectivity index (χ3n) is 11.6. The molecule has 3 N–H and O–H groups in total. The summed E-state index contributed by atoms with van der Waals surface area (Å²) >= 11 is 0. The van der Waals surface area contributed by atoms with Crippen LogP contribution >= 0.6 is 0 Å². The number of nitrogens with one attached hydrogen (secondary N) is 3. The number of ether oxygens (including phenoxy) is 2. The summed E-state index contributed by atoms with van der Waals surface area (Å²) in [5, 5.41) is 2.74. The lowest BCUT2D eigenvalue weighted by Gasteiger charge is -2.30. The Morgan fingerprint density at radius 2 is 1.71 bits per heavy atom. The van der Waals surface area contributed by atoms with Crippen molar-refractivity contribution in [2.75, 3.05) is 33.4 Å². The highest BCUT2D eigenvalue weighted by Gasteiger charge is 2.51. The van der Waals surface area contributed by atoms with Gasteiger partial charge in [-0.05, 0) is 67.0 Å². The van der Waals surface area contributed by atoms with Gasteiger partial charge in [0.05, 0.1) is 48.7 Å². The van der Waals surface area contributed by atoms with E-state index < -0.39 is 12.1 Å². The van der Waals surface area contributed by atoms with Gasteiger partial charge in [0.25, 0.3) is 0 Å². The fraction of sp³-hybridized carbons (Fsp3) is 0.465. The molecule has 1 spiro atoms. The van der Waals surface area contributed by atoms with E-state index in [9.17, 15) is 14.4 Å². The molecule has 0 bridgehead atoms. The Kier molecular flexibility index (Phi) is 10.6. The molecule has 5 atom stereocenters. The summed E-state index contributed by atoms with van der Waals surface area (Å²) in [5.74, 6) is 8.08. The van der Waals surface area contributed by atoms with Crippen molar-refractivity contribution in [1.82, 2.24) is 35.1 Å². The number of carbonyl (C=O) groups excluding carboxylic acids is 3. The highest BCUT2D eigenvalue weighted by atomic mass is 16.5. The van der Waals surface area contributed by atoms with E-state index in [-0.39, 0.29) is 47.1 Å². The van der Waals surface area contributed by atoms with E-state index in [1.165, 1.54) is 7.11 Å². The molecule has 0 radical (unpaired) electrons. The molecule has 3 saturated heterocycles. The molecule has 3 fully saturated rings. The summed E-state index contributed by atoms with van der Waals surface area (Å²) in [6.07, 6.45) is 3.48. The standard InChI is InChI=1S/C43H51N7O5/c1-25(2)28(6)40(51)49-22-27(5)18-35(49)38-44-21-34(47-38)31-13-10-29(11-14-31)8-9-30-12-15-32-33(19-30)46-39(45-32)36-20-43(16-17-55-24-43)23-50(36)41(52)37(26(3)4)48-42(53)54-7/h10-15,19,21,25-26,28,35-37H,5,16-18,20,22-24H2,1-4,6-7H3,(H,44,47)(H,45,46)(H,48,53)/t28-,35-,36-,37-,43-/m0/s1. The van der Waals surface area contributed by atoms with Crippen molar-refractivity contribution < 1.29 is 23.9 Å². The molecule has 2 aromatic heterocycles. The van der Waals surface area contributed by atoms with Gasteiger partial charge >= 0.3 is 6.09 Å². The van der Waals surface area contributed by atoms with Crippen molar-refractivity contribution in [2.45, 2.75) is 72.0 Å². The fourth-order valence-electron chi connectivity index (χ4n) is 7.96. The molecule has 3 aliphatic heterocycles. The van der Waals surface area contributed by atoms with Crippen LogP contribution < -0.4 is 5.32 Å². The van der Waals surface area contributed by atoms with E-state index in [1.54, 1.807) is 0 Å². The predicted octanol–water partition coefficient (Wildman–Crippen LogP) is 6.54. The number of aromatic amines is 2. The van der Waals surface area contributed by atoms with Gasteiger partial charge in [-0.1, -0.05) is 70.7 Å². The molecule has 0 unspecified atom stereocenters. The second-order valence-corrected chi connectivity index (χ2v) is 16.2. The summed E-state index contributed by atoms with van der Waals surface area (Å²) in [6, 6.07) is 12.7. The zero-order chi connectivity index (χ0) is 39.0. The maximum absolute atomic E-state index is 14.0. The Hall–Kier alpha value is -5.41. The molecule has 2 aromatic carbocycles. The molecule has 0 saturated carbocycles. The minimum Gasteiger partial charge on any atom is -0.453 e. The number of aromatic nitrogens is 4. The lowest BCUT2D eigenvalue weighted by Crippen LogP contribution is -2.51. The Morgan fingerprint density at radius 3 is 2.40 bits per heavy atom. The van der Waals surface area contributed by atoms with Crippen LogP contribution in [0.1, 0.15) is 88.7 Å². The van der Waals surface area contributed by atoms with Crippen molar-refractivity contribution in [3.63, 3.8) is 0 Å². The van der Waals surface area contributed by atoms with Crippen LogP contribution in [0, 0.1) is 35.0 Å². The second kappa shape index (κ2) is 15.4. The van der Waals surface area contributed by atoms with Gasteiger partial charge in [-0.2, -0.15) is 0 Å². The summed E-state index contributed by atoms with van der Waals surface area (Å²) in [6.45, 7) is 16.5. The number of amides is 3. The number of carbonyl (C=O) groups is 3. The molecule has 288 valence electrons. The van der Waals surface area contributed by atoms with Gasteiger partial charge in [0, 0.05) is 42.2 Å². The van der Waals surface area contributed by atoms with Crippen molar-refractivity contribution in [1.29, 1.82) is 0 Å². The third-order valence-corrected chi connectivity index (χ3v) is 11.6. The van der Waals surface area contributed by atoms with Gasteiger partial charge in [-0.3, -0.25) is 9.59 Å². The quantitative estimate of drug-likeness (QED) is 0.137. The van der Waals surface area contributed by atoms with Gasteiger partial charge < -0.3 is 34.6 Å². The normalized spacial score (nSPS) is 22.1. The number of fused-ring (bicyclic) bond motifs is 1. The topological polar surface area (TPSA) is 146 Å². The van der Waals surface area contributed by atoms with Crippen molar-refractivity contribution in [2.24, 2.45) is 23.2 Å². The molecular weight excluding hydrogens is 695 g/mol. The smallest absolute Gasteiger partial charge is 0.407 e. The Labute approximate surface area is 322 Å². The van der Waals surface area contributed by atoms with Crippen molar-refractivity contribution >= 4 is 28.9 Å². The molecule has 7 rings (SSSR count). The van der Waals surface area contributed by atoms with Gasteiger partial charge in [0.15, 0.2) is 0 Å². The molecule has 5 heterocycles. The lowest BCUT2D eigenvalue weighted by molar-refractivity contribution is -0.137. The first-order valence-electron chi connectivity index (χ1n) is 19.2. The minimum absolute atomic E-state index is 0.0718. The van der Waals surface area contributed by atoms with E-state index in [4.69, 9.17) is 14.5 Å². The first-order valence-corrected chi connectivity index (χ1v) is 19.2.